The van der Waals surface area contributed by atoms with Gasteiger partial charge in [-0.15, -0.1) is 11.8 Å². The number of hydrogen-bond donors (Lipinski definition) is 3. The maximum Gasteiger partial charge on any atom is 0.338 e. The van der Waals surface area contributed by atoms with Crippen molar-refractivity contribution in [2.24, 2.45) is 0 Å². The fourth-order valence-corrected chi connectivity index (χ4v) is 4.30. The number of rotatable bonds is 9. The number of ketones is 1. The summed E-state index contributed by atoms with van der Waals surface area (Å²) in [6.45, 7) is 5.40. The number of carbonyl (C=O) groups excluding carboxylic acids is 3. The van der Waals surface area contributed by atoms with Crippen molar-refractivity contribution in [1.29, 1.82) is 0 Å². The Morgan fingerprint density at radius 1 is 0.861 bits per heavy atom. The molecule has 0 saturated heterocycles. The molecule has 0 aliphatic carbocycles. The molecule has 1 atom stereocenters. The van der Waals surface area contributed by atoms with E-state index in [4.69, 9.17) is 17.0 Å². The van der Waals surface area contributed by atoms with Gasteiger partial charge in [0.1, 0.15) is 0 Å². The number of esters is 1. The highest BCUT2D eigenvalue weighted by molar-refractivity contribution is 8.00. The Morgan fingerprint density at radius 2 is 1.44 bits per heavy atom. The minimum atomic E-state index is -0.395. The van der Waals surface area contributed by atoms with Crippen molar-refractivity contribution in [3.05, 3.63) is 83.9 Å². The van der Waals surface area contributed by atoms with E-state index in [1.807, 2.05) is 31.2 Å². The van der Waals surface area contributed by atoms with Crippen molar-refractivity contribution in [2.45, 2.75) is 30.9 Å². The van der Waals surface area contributed by atoms with E-state index in [2.05, 4.69) is 16.0 Å². The smallest absolute Gasteiger partial charge is 0.338 e. The predicted octanol–water partition coefficient (Wildman–Crippen LogP) is 5.99. The molecule has 0 radical (unpaired) electrons. The molecule has 3 N–H and O–H groups in total. The minimum absolute atomic E-state index is 0.00591. The van der Waals surface area contributed by atoms with Crippen LogP contribution in [0.25, 0.3) is 0 Å². The van der Waals surface area contributed by atoms with Crippen LogP contribution in [0.15, 0.2) is 77.7 Å². The molecule has 36 heavy (non-hydrogen) atoms. The normalized spacial score (nSPS) is 11.2. The van der Waals surface area contributed by atoms with Crippen LogP contribution in [0.3, 0.4) is 0 Å². The zero-order valence-corrected chi connectivity index (χ0v) is 21.8. The van der Waals surface area contributed by atoms with Gasteiger partial charge in [-0.05, 0) is 99.7 Å². The van der Waals surface area contributed by atoms with E-state index in [-0.39, 0.29) is 16.9 Å². The molecule has 0 fully saturated rings. The standard InChI is InChI=1S/C27H27N3O4S2/c1-4-34-26(33)20-10-14-21(15-11-20)28-25(32)18(3)36-24-7-5-6-23(16-24)30-27(35)29-22-12-8-19(9-13-22)17(2)31/h5-16,18H,4H2,1-3H3,(H,28,32)(H2,29,30,35). The second-order valence-electron chi connectivity index (χ2n) is 7.79. The molecule has 3 rings (SSSR count). The third-order valence-electron chi connectivity index (χ3n) is 4.99. The molecule has 1 amide bonds. The highest BCUT2D eigenvalue weighted by atomic mass is 32.2. The first-order valence-electron chi connectivity index (χ1n) is 11.3. The van der Waals surface area contributed by atoms with Crippen LogP contribution in [-0.2, 0) is 9.53 Å². The summed E-state index contributed by atoms with van der Waals surface area (Å²) in [6, 6.07) is 21.3. The van der Waals surface area contributed by atoms with Gasteiger partial charge >= 0.3 is 5.97 Å². The molecule has 0 heterocycles. The number of ether oxygens (including phenoxy) is 1. The molecule has 3 aromatic carbocycles. The van der Waals surface area contributed by atoms with Gasteiger partial charge in [0.05, 0.1) is 17.4 Å². The number of carbonyl (C=O) groups is 3. The molecule has 0 bridgehead atoms. The lowest BCUT2D eigenvalue weighted by atomic mass is 10.1. The Balaban J connectivity index is 1.54. The summed E-state index contributed by atoms with van der Waals surface area (Å²) in [7, 11) is 0. The zero-order valence-electron chi connectivity index (χ0n) is 20.2. The number of amides is 1. The highest BCUT2D eigenvalue weighted by Crippen LogP contribution is 2.27. The fourth-order valence-electron chi connectivity index (χ4n) is 3.13. The lowest BCUT2D eigenvalue weighted by Gasteiger charge is -2.14. The molecule has 0 saturated carbocycles. The van der Waals surface area contributed by atoms with Gasteiger partial charge in [0, 0.05) is 27.5 Å². The number of thiocarbonyl (C=S) groups is 1. The molecule has 9 heteroatoms. The second kappa shape index (κ2) is 12.9. The molecule has 3 aromatic rings. The van der Waals surface area contributed by atoms with Gasteiger partial charge in [0.2, 0.25) is 5.91 Å². The summed E-state index contributed by atoms with van der Waals surface area (Å²) >= 11 is 6.81. The first-order valence-corrected chi connectivity index (χ1v) is 12.6. The van der Waals surface area contributed by atoms with Gasteiger partial charge < -0.3 is 20.7 Å². The van der Waals surface area contributed by atoms with E-state index in [1.54, 1.807) is 55.5 Å². The lowest BCUT2D eigenvalue weighted by molar-refractivity contribution is -0.115. The molecule has 0 spiro atoms. The number of Topliss-reactive ketones (excluding diaryl/α,β-unsaturated/α-hetero) is 1. The molecule has 7 nitrogen and oxygen atoms in total. The quantitative estimate of drug-likeness (QED) is 0.137. The molecule has 0 aliphatic rings. The zero-order chi connectivity index (χ0) is 26.1. The maximum atomic E-state index is 12.7. The largest absolute Gasteiger partial charge is 0.462 e. The topological polar surface area (TPSA) is 96.5 Å². The molecule has 0 aromatic heterocycles. The van der Waals surface area contributed by atoms with Crippen LogP contribution in [0.5, 0.6) is 0 Å². The summed E-state index contributed by atoms with van der Waals surface area (Å²) < 4.78 is 4.97. The fraction of sp³-hybridized carbons (Fsp3) is 0.185. The summed E-state index contributed by atoms with van der Waals surface area (Å²) in [5.74, 6) is -0.548. The number of thioether (sulfide) groups is 1. The summed E-state index contributed by atoms with van der Waals surface area (Å²) in [5, 5.41) is 9.13. The van der Waals surface area contributed by atoms with E-state index in [0.717, 1.165) is 16.3 Å². The van der Waals surface area contributed by atoms with Gasteiger partial charge in [-0.3, -0.25) is 9.59 Å². The van der Waals surface area contributed by atoms with Gasteiger partial charge in [-0.25, -0.2) is 4.79 Å². The highest BCUT2D eigenvalue weighted by Gasteiger charge is 2.15. The van der Waals surface area contributed by atoms with Crippen molar-refractivity contribution >= 4 is 63.8 Å². The number of nitrogens with one attached hydrogen (secondary N) is 3. The molecule has 0 aliphatic heterocycles. The van der Waals surface area contributed by atoms with E-state index in [9.17, 15) is 14.4 Å². The molecular weight excluding hydrogens is 494 g/mol. The average molecular weight is 522 g/mol. The van der Waals surface area contributed by atoms with Crippen LogP contribution in [0, 0.1) is 0 Å². The van der Waals surface area contributed by atoms with Crippen molar-refractivity contribution in [3.8, 4) is 0 Å². The Hall–Kier alpha value is -3.69. The van der Waals surface area contributed by atoms with E-state index in [1.165, 1.54) is 18.7 Å². The van der Waals surface area contributed by atoms with Gasteiger partial charge in [-0.1, -0.05) is 6.07 Å². The Morgan fingerprint density at radius 3 is 2.06 bits per heavy atom. The van der Waals surface area contributed by atoms with Crippen LogP contribution in [0.4, 0.5) is 17.1 Å². The molecular formula is C27H27N3O4S2. The maximum absolute atomic E-state index is 12.7. The lowest BCUT2D eigenvalue weighted by Crippen LogP contribution is -2.22. The Bertz CT molecular complexity index is 1240. The summed E-state index contributed by atoms with van der Waals surface area (Å²) in [4.78, 5) is 36.8. The van der Waals surface area contributed by atoms with Crippen LogP contribution in [0.2, 0.25) is 0 Å². The summed E-state index contributed by atoms with van der Waals surface area (Å²) in [5.41, 5.74) is 3.21. The molecule has 1 unspecified atom stereocenters. The molecule has 186 valence electrons. The monoisotopic (exact) mass is 521 g/mol. The summed E-state index contributed by atoms with van der Waals surface area (Å²) in [6.07, 6.45) is 0. The average Bonchev–Trinajstić information content (AvgIpc) is 2.85. The van der Waals surface area contributed by atoms with Gasteiger partial charge in [0.25, 0.3) is 0 Å². The first kappa shape index (κ1) is 26.9. The van der Waals surface area contributed by atoms with Crippen molar-refractivity contribution in [3.63, 3.8) is 0 Å². The van der Waals surface area contributed by atoms with Crippen molar-refractivity contribution < 1.29 is 19.1 Å². The van der Waals surface area contributed by atoms with Crippen LogP contribution < -0.4 is 16.0 Å². The van der Waals surface area contributed by atoms with Crippen LogP contribution in [-0.4, -0.2) is 34.6 Å². The predicted molar refractivity (Wildman–Crippen MR) is 149 cm³/mol. The number of benzene rings is 3. The third-order valence-corrected chi connectivity index (χ3v) is 6.28. The third kappa shape index (κ3) is 7.93. The Labute approximate surface area is 220 Å². The van der Waals surface area contributed by atoms with E-state index < -0.39 is 5.97 Å². The van der Waals surface area contributed by atoms with Crippen LogP contribution in [0.1, 0.15) is 41.5 Å². The number of hydrogen-bond acceptors (Lipinski definition) is 6. The minimum Gasteiger partial charge on any atom is -0.462 e. The van der Waals surface area contributed by atoms with Crippen molar-refractivity contribution in [2.75, 3.05) is 22.6 Å². The van der Waals surface area contributed by atoms with Crippen molar-refractivity contribution in [1.82, 2.24) is 0 Å². The number of anilines is 3. The van der Waals surface area contributed by atoms with E-state index >= 15 is 0 Å². The second-order valence-corrected chi connectivity index (χ2v) is 9.61. The SMILES string of the molecule is CCOC(=O)c1ccc(NC(=O)C(C)Sc2cccc(NC(=S)Nc3ccc(C(C)=O)cc3)c2)cc1. The van der Waals surface area contributed by atoms with Gasteiger partial charge in [0.15, 0.2) is 10.9 Å². The van der Waals surface area contributed by atoms with Crippen LogP contribution >= 0.6 is 24.0 Å². The Kier molecular flexibility index (Phi) is 9.61. The van der Waals surface area contributed by atoms with E-state index in [0.29, 0.717) is 28.5 Å². The van der Waals surface area contributed by atoms with Gasteiger partial charge in [-0.2, -0.15) is 0 Å². The first-order chi connectivity index (χ1) is 17.2.